The molecule has 24 heavy (non-hydrogen) atoms. The fraction of sp³-hybridized carbons (Fsp3) is 0.500. The minimum atomic E-state index is -0.362. The van der Waals surface area contributed by atoms with Crippen molar-refractivity contribution in [2.45, 2.75) is 37.4 Å². The van der Waals surface area contributed by atoms with E-state index in [4.69, 9.17) is 0 Å². The van der Waals surface area contributed by atoms with Gasteiger partial charge in [0.05, 0.1) is 0 Å². The van der Waals surface area contributed by atoms with Crippen molar-refractivity contribution in [3.8, 4) is 0 Å². The molecule has 0 bridgehead atoms. The third-order valence-electron chi connectivity index (χ3n) is 4.30. The number of amidine groups is 1. The second-order valence-electron chi connectivity index (χ2n) is 6.18. The largest absolute Gasteiger partial charge is 0.356 e. The van der Waals surface area contributed by atoms with E-state index in [2.05, 4.69) is 15.2 Å². The van der Waals surface area contributed by atoms with Crippen LogP contribution in [0.5, 0.6) is 0 Å². The van der Waals surface area contributed by atoms with Crippen molar-refractivity contribution in [3.63, 3.8) is 0 Å². The number of thioether (sulfide) groups is 1. The summed E-state index contributed by atoms with van der Waals surface area (Å²) in [4.78, 5) is 30.5. The highest BCUT2D eigenvalue weighted by Crippen LogP contribution is 2.28. The monoisotopic (exact) mass is 345 g/mol. The molecule has 1 N–H and O–H groups in total. The molecule has 2 aliphatic rings. The fourth-order valence-corrected chi connectivity index (χ4v) is 4.08. The SMILES string of the molecule is O=C(C[C@@H]1SC(N2CCCCC2)=NC1=O)NCCc1ccccc1. The molecular formula is C18H23N3O2S. The number of benzene rings is 1. The van der Waals surface area contributed by atoms with Gasteiger partial charge in [-0.15, -0.1) is 0 Å². The first kappa shape index (κ1) is 17.0. The van der Waals surface area contributed by atoms with Crippen LogP contribution in [-0.4, -0.2) is 46.8 Å². The van der Waals surface area contributed by atoms with Gasteiger partial charge in [0.1, 0.15) is 5.25 Å². The summed E-state index contributed by atoms with van der Waals surface area (Å²) >= 11 is 1.45. The van der Waals surface area contributed by atoms with Gasteiger partial charge in [-0.3, -0.25) is 9.59 Å². The van der Waals surface area contributed by atoms with Gasteiger partial charge in [-0.1, -0.05) is 42.1 Å². The van der Waals surface area contributed by atoms with Crippen LogP contribution in [0.3, 0.4) is 0 Å². The van der Waals surface area contributed by atoms with Gasteiger partial charge in [0.25, 0.3) is 5.91 Å². The smallest absolute Gasteiger partial charge is 0.262 e. The van der Waals surface area contributed by atoms with Crippen molar-refractivity contribution in [1.29, 1.82) is 0 Å². The van der Waals surface area contributed by atoms with Crippen molar-refractivity contribution in [3.05, 3.63) is 35.9 Å². The molecule has 0 radical (unpaired) electrons. The summed E-state index contributed by atoms with van der Waals surface area (Å²) in [6.45, 7) is 2.53. The summed E-state index contributed by atoms with van der Waals surface area (Å²) in [6.07, 6.45) is 4.56. The number of hydrogen-bond donors (Lipinski definition) is 1. The number of aliphatic imine (C=N–C) groups is 1. The molecule has 5 nitrogen and oxygen atoms in total. The van der Waals surface area contributed by atoms with E-state index in [0.29, 0.717) is 6.54 Å². The van der Waals surface area contributed by atoms with Crippen LogP contribution in [0, 0.1) is 0 Å². The van der Waals surface area contributed by atoms with E-state index in [9.17, 15) is 9.59 Å². The zero-order valence-corrected chi connectivity index (χ0v) is 14.6. The topological polar surface area (TPSA) is 61.8 Å². The zero-order valence-electron chi connectivity index (χ0n) is 13.7. The lowest BCUT2D eigenvalue weighted by Crippen LogP contribution is -2.33. The third-order valence-corrected chi connectivity index (χ3v) is 5.52. The van der Waals surface area contributed by atoms with Gasteiger partial charge < -0.3 is 10.2 Å². The van der Waals surface area contributed by atoms with E-state index in [-0.39, 0.29) is 23.5 Å². The number of piperidine rings is 1. The molecule has 1 atom stereocenters. The second kappa shape index (κ2) is 8.33. The Balaban J connectivity index is 1.41. The number of likely N-dealkylation sites (tertiary alicyclic amines) is 1. The van der Waals surface area contributed by atoms with E-state index in [1.807, 2.05) is 30.3 Å². The predicted octanol–water partition coefficient (Wildman–Crippen LogP) is 2.22. The molecule has 0 aromatic heterocycles. The highest BCUT2D eigenvalue weighted by atomic mass is 32.2. The highest BCUT2D eigenvalue weighted by molar-refractivity contribution is 8.15. The van der Waals surface area contributed by atoms with Crippen LogP contribution in [-0.2, 0) is 16.0 Å². The molecule has 128 valence electrons. The molecule has 1 aromatic rings. The average Bonchev–Trinajstić information content (AvgIpc) is 2.97. The fourth-order valence-electron chi connectivity index (χ4n) is 2.96. The quantitative estimate of drug-likeness (QED) is 0.889. The van der Waals surface area contributed by atoms with Crippen LogP contribution in [0.25, 0.3) is 0 Å². The van der Waals surface area contributed by atoms with Crippen LogP contribution in [0.4, 0.5) is 0 Å². The lowest BCUT2D eigenvalue weighted by atomic mass is 10.1. The molecule has 0 aliphatic carbocycles. The van der Waals surface area contributed by atoms with Crippen molar-refractivity contribution in [2.75, 3.05) is 19.6 Å². The third kappa shape index (κ3) is 4.60. The summed E-state index contributed by atoms with van der Waals surface area (Å²) in [5.41, 5.74) is 1.19. The first-order valence-electron chi connectivity index (χ1n) is 8.57. The van der Waals surface area contributed by atoms with Gasteiger partial charge in [0, 0.05) is 26.1 Å². The van der Waals surface area contributed by atoms with E-state index in [1.54, 1.807) is 0 Å². The van der Waals surface area contributed by atoms with Crippen molar-refractivity contribution in [1.82, 2.24) is 10.2 Å². The average molecular weight is 345 g/mol. The molecular weight excluding hydrogens is 322 g/mol. The number of hydrogen-bond acceptors (Lipinski definition) is 4. The normalized spacial score (nSPS) is 20.8. The number of carbonyl (C=O) groups is 2. The van der Waals surface area contributed by atoms with E-state index in [1.165, 1.54) is 23.7 Å². The van der Waals surface area contributed by atoms with Crippen LogP contribution in [0.1, 0.15) is 31.2 Å². The Hall–Kier alpha value is -1.82. The van der Waals surface area contributed by atoms with Crippen molar-refractivity contribution >= 4 is 28.7 Å². The molecule has 0 unspecified atom stereocenters. The van der Waals surface area contributed by atoms with Gasteiger partial charge in [-0.2, -0.15) is 4.99 Å². The summed E-state index contributed by atoms with van der Waals surface area (Å²) in [5, 5.41) is 3.35. The molecule has 1 aromatic carbocycles. The van der Waals surface area contributed by atoms with Gasteiger partial charge in [-0.25, -0.2) is 0 Å². The number of carbonyl (C=O) groups excluding carboxylic acids is 2. The molecule has 1 saturated heterocycles. The number of nitrogens with zero attached hydrogens (tertiary/aromatic N) is 2. The second-order valence-corrected chi connectivity index (χ2v) is 7.35. The first-order chi connectivity index (χ1) is 11.7. The molecule has 6 heteroatoms. The number of amides is 2. The molecule has 2 heterocycles. The Labute approximate surface area is 146 Å². The molecule has 3 rings (SSSR count). The number of rotatable bonds is 5. The van der Waals surface area contributed by atoms with E-state index < -0.39 is 0 Å². The van der Waals surface area contributed by atoms with E-state index in [0.717, 1.165) is 37.5 Å². The van der Waals surface area contributed by atoms with Gasteiger partial charge >= 0.3 is 0 Å². The lowest BCUT2D eigenvalue weighted by Gasteiger charge is -2.27. The Kier molecular flexibility index (Phi) is 5.91. The summed E-state index contributed by atoms with van der Waals surface area (Å²) in [5.74, 6) is -0.245. The Bertz CT molecular complexity index is 612. The zero-order chi connectivity index (χ0) is 16.8. The minimum Gasteiger partial charge on any atom is -0.356 e. The molecule has 1 fully saturated rings. The minimum absolute atomic E-state index is 0.0770. The maximum Gasteiger partial charge on any atom is 0.262 e. The Morgan fingerprint density at radius 1 is 1.21 bits per heavy atom. The molecule has 0 saturated carbocycles. The van der Waals surface area contributed by atoms with Crippen LogP contribution < -0.4 is 5.32 Å². The van der Waals surface area contributed by atoms with Crippen molar-refractivity contribution in [2.24, 2.45) is 4.99 Å². The van der Waals surface area contributed by atoms with Gasteiger partial charge in [-0.05, 0) is 31.2 Å². The van der Waals surface area contributed by atoms with Gasteiger partial charge in [0.15, 0.2) is 5.17 Å². The van der Waals surface area contributed by atoms with Crippen LogP contribution in [0.2, 0.25) is 0 Å². The van der Waals surface area contributed by atoms with Crippen LogP contribution >= 0.6 is 11.8 Å². The summed E-state index contributed by atoms with van der Waals surface area (Å²) in [7, 11) is 0. The first-order valence-corrected chi connectivity index (χ1v) is 9.45. The Morgan fingerprint density at radius 2 is 1.96 bits per heavy atom. The predicted molar refractivity (Wildman–Crippen MR) is 97.0 cm³/mol. The number of nitrogens with one attached hydrogen (secondary N) is 1. The summed E-state index contributed by atoms with van der Waals surface area (Å²) < 4.78 is 0. The summed E-state index contributed by atoms with van der Waals surface area (Å²) in [6, 6.07) is 10.0. The van der Waals surface area contributed by atoms with Crippen molar-refractivity contribution < 1.29 is 9.59 Å². The maximum absolute atomic E-state index is 12.1. The molecule has 0 spiro atoms. The molecule has 2 aliphatic heterocycles. The molecule has 2 amide bonds. The van der Waals surface area contributed by atoms with Crippen LogP contribution in [0.15, 0.2) is 35.3 Å². The van der Waals surface area contributed by atoms with E-state index >= 15 is 0 Å². The maximum atomic E-state index is 12.1. The standard InChI is InChI=1S/C18H23N3O2S/c22-16(19-10-9-14-7-3-1-4-8-14)13-15-17(23)20-18(24-15)21-11-5-2-6-12-21/h1,3-4,7-8,15H,2,5-6,9-13H2,(H,19,22)/t15-/m0/s1. The lowest BCUT2D eigenvalue weighted by molar-refractivity contribution is -0.124. The highest BCUT2D eigenvalue weighted by Gasteiger charge is 2.33. The van der Waals surface area contributed by atoms with Gasteiger partial charge in [0.2, 0.25) is 5.91 Å². The Morgan fingerprint density at radius 3 is 2.71 bits per heavy atom.